The summed E-state index contributed by atoms with van der Waals surface area (Å²) < 4.78 is 12.7. The highest BCUT2D eigenvalue weighted by atomic mass is 16.5. The Labute approximate surface area is 148 Å². The highest BCUT2D eigenvalue weighted by molar-refractivity contribution is 5.75. The molecule has 0 aromatic carbocycles. The monoisotopic (exact) mass is 352 g/mol. The molecule has 2 saturated heterocycles. The zero-order valence-electron chi connectivity index (χ0n) is 15.0. The Hall–Kier alpha value is -1.58. The fourth-order valence-electron chi connectivity index (χ4n) is 3.16. The molecule has 0 spiro atoms. The summed E-state index contributed by atoms with van der Waals surface area (Å²) in [6.07, 6.45) is 4.64. The van der Waals surface area contributed by atoms with Crippen molar-refractivity contribution in [3.63, 3.8) is 0 Å². The molecule has 0 N–H and O–H groups in total. The third-order valence-electron chi connectivity index (χ3n) is 4.85. The lowest BCUT2D eigenvalue weighted by molar-refractivity contribution is -0.131. The number of hydrogen-bond acceptors (Lipinski definition) is 7. The van der Waals surface area contributed by atoms with Gasteiger partial charge < -0.3 is 14.4 Å². The summed E-state index contributed by atoms with van der Waals surface area (Å²) in [6.45, 7) is 5.55. The quantitative estimate of drug-likeness (QED) is 0.678. The molecule has 0 saturated carbocycles. The van der Waals surface area contributed by atoms with E-state index in [-0.39, 0.29) is 18.6 Å². The van der Waals surface area contributed by atoms with Gasteiger partial charge in [0.2, 0.25) is 5.91 Å². The average molecular weight is 352 g/mol. The predicted octanol–water partition coefficient (Wildman–Crippen LogP) is -0.0771. The highest BCUT2D eigenvalue weighted by Gasteiger charge is 2.19. The first kappa shape index (κ1) is 18.2. The normalized spacial score (nSPS) is 22.0. The van der Waals surface area contributed by atoms with Gasteiger partial charge in [-0.05, 0) is 36.1 Å². The van der Waals surface area contributed by atoms with Gasteiger partial charge in [-0.3, -0.25) is 9.69 Å². The van der Waals surface area contributed by atoms with E-state index >= 15 is 0 Å². The molecule has 1 atom stereocenters. The first-order valence-corrected chi connectivity index (χ1v) is 9.13. The van der Waals surface area contributed by atoms with Crippen LogP contribution in [0.25, 0.3) is 0 Å². The Morgan fingerprint density at radius 2 is 2.12 bits per heavy atom. The standard InChI is InChI=1S/C16H28N6O3/c1-20(6-5-14-4-2-3-9-25-14)16(23)13-22-15(17-18-19-22)12-21-7-10-24-11-8-21/h14H,2-13H2,1H3/t14-/m0/s1. The van der Waals surface area contributed by atoms with Gasteiger partial charge >= 0.3 is 0 Å². The molecule has 0 bridgehead atoms. The second-order valence-corrected chi connectivity index (χ2v) is 6.73. The summed E-state index contributed by atoms with van der Waals surface area (Å²) in [7, 11) is 1.83. The van der Waals surface area contributed by atoms with E-state index in [1.54, 1.807) is 9.58 Å². The molecule has 9 heteroatoms. The van der Waals surface area contributed by atoms with Crippen molar-refractivity contribution in [1.82, 2.24) is 30.0 Å². The first-order valence-electron chi connectivity index (χ1n) is 9.13. The van der Waals surface area contributed by atoms with Crippen molar-refractivity contribution >= 4 is 5.91 Å². The minimum atomic E-state index is 0.0198. The number of carbonyl (C=O) groups excluding carboxylic acids is 1. The number of nitrogens with zero attached hydrogens (tertiary/aromatic N) is 6. The summed E-state index contributed by atoms with van der Waals surface area (Å²) >= 11 is 0. The SMILES string of the molecule is CN(CC[C@@H]1CCCCO1)C(=O)Cn1nnnc1CN1CCOCC1. The van der Waals surface area contributed by atoms with Gasteiger partial charge in [0.05, 0.1) is 25.9 Å². The number of hydrogen-bond donors (Lipinski definition) is 0. The van der Waals surface area contributed by atoms with Crippen LogP contribution < -0.4 is 0 Å². The van der Waals surface area contributed by atoms with E-state index < -0.39 is 0 Å². The molecule has 1 aromatic rings. The Kier molecular flexibility index (Phi) is 6.71. The maximum atomic E-state index is 12.5. The molecule has 0 radical (unpaired) electrons. The van der Waals surface area contributed by atoms with Gasteiger partial charge in [0.25, 0.3) is 0 Å². The number of rotatable bonds is 7. The van der Waals surface area contributed by atoms with Crippen LogP contribution in [-0.4, -0.2) is 88.5 Å². The van der Waals surface area contributed by atoms with Crippen molar-refractivity contribution in [2.75, 3.05) is 46.5 Å². The van der Waals surface area contributed by atoms with E-state index in [1.165, 1.54) is 6.42 Å². The lowest BCUT2D eigenvalue weighted by atomic mass is 10.1. The van der Waals surface area contributed by atoms with Gasteiger partial charge in [0, 0.05) is 33.3 Å². The number of amides is 1. The fraction of sp³-hybridized carbons (Fsp3) is 0.875. The Balaban J connectivity index is 1.46. The molecule has 0 unspecified atom stereocenters. The molecule has 1 aromatic heterocycles. The predicted molar refractivity (Wildman–Crippen MR) is 89.8 cm³/mol. The molecular weight excluding hydrogens is 324 g/mol. The van der Waals surface area contributed by atoms with Crippen molar-refractivity contribution in [1.29, 1.82) is 0 Å². The van der Waals surface area contributed by atoms with Crippen LogP contribution in [0.2, 0.25) is 0 Å². The number of likely N-dealkylation sites (N-methyl/N-ethyl adjacent to an activating group) is 1. The number of ether oxygens (including phenoxy) is 2. The van der Waals surface area contributed by atoms with E-state index in [0.29, 0.717) is 13.1 Å². The first-order chi connectivity index (χ1) is 12.2. The Morgan fingerprint density at radius 1 is 1.28 bits per heavy atom. The van der Waals surface area contributed by atoms with Crippen molar-refractivity contribution in [2.45, 2.75) is 44.9 Å². The van der Waals surface area contributed by atoms with Crippen LogP contribution in [0.1, 0.15) is 31.5 Å². The van der Waals surface area contributed by atoms with Gasteiger partial charge in [-0.2, -0.15) is 0 Å². The number of morpholine rings is 1. The van der Waals surface area contributed by atoms with Gasteiger partial charge in [-0.25, -0.2) is 4.68 Å². The van der Waals surface area contributed by atoms with E-state index in [4.69, 9.17) is 9.47 Å². The molecule has 3 rings (SSSR count). The molecule has 3 heterocycles. The third kappa shape index (κ3) is 5.45. The molecule has 2 aliphatic heterocycles. The van der Waals surface area contributed by atoms with E-state index in [1.807, 2.05) is 7.05 Å². The zero-order valence-corrected chi connectivity index (χ0v) is 15.0. The fourth-order valence-corrected chi connectivity index (χ4v) is 3.16. The molecule has 25 heavy (non-hydrogen) atoms. The van der Waals surface area contributed by atoms with Gasteiger partial charge in [-0.15, -0.1) is 5.10 Å². The van der Waals surface area contributed by atoms with Crippen molar-refractivity contribution in [3.05, 3.63) is 5.82 Å². The molecule has 2 fully saturated rings. The van der Waals surface area contributed by atoms with Crippen LogP contribution in [0.4, 0.5) is 0 Å². The second kappa shape index (κ2) is 9.21. The Bertz CT molecular complexity index is 540. The molecule has 0 aliphatic carbocycles. The summed E-state index contributed by atoms with van der Waals surface area (Å²) in [4.78, 5) is 16.4. The van der Waals surface area contributed by atoms with Crippen LogP contribution in [0.5, 0.6) is 0 Å². The maximum absolute atomic E-state index is 12.5. The second-order valence-electron chi connectivity index (χ2n) is 6.73. The number of aromatic nitrogens is 4. The smallest absolute Gasteiger partial charge is 0.244 e. The lowest BCUT2D eigenvalue weighted by Gasteiger charge is -2.26. The zero-order chi connectivity index (χ0) is 17.5. The number of tetrazole rings is 1. The van der Waals surface area contributed by atoms with Crippen LogP contribution in [0.3, 0.4) is 0 Å². The largest absolute Gasteiger partial charge is 0.379 e. The van der Waals surface area contributed by atoms with Crippen molar-refractivity contribution in [2.24, 2.45) is 0 Å². The Morgan fingerprint density at radius 3 is 2.88 bits per heavy atom. The molecular formula is C16H28N6O3. The average Bonchev–Trinajstić information content (AvgIpc) is 3.08. The maximum Gasteiger partial charge on any atom is 0.244 e. The summed E-state index contributed by atoms with van der Waals surface area (Å²) in [6, 6.07) is 0. The van der Waals surface area contributed by atoms with Crippen LogP contribution in [-0.2, 0) is 27.4 Å². The van der Waals surface area contributed by atoms with Gasteiger partial charge in [0.1, 0.15) is 6.54 Å². The van der Waals surface area contributed by atoms with E-state index in [0.717, 1.165) is 58.0 Å². The molecule has 9 nitrogen and oxygen atoms in total. The van der Waals surface area contributed by atoms with Crippen molar-refractivity contribution in [3.8, 4) is 0 Å². The summed E-state index contributed by atoms with van der Waals surface area (Å²) in [5.74, 6) is 0.741. The van der Waals surface area contributed by atoms with E-state index in [2.05, 4.69) is 20.4 Å². The third-order valence-corrected chi connectivity index (χ3v) is 4.85. The summed E-state index contributed by atoms with van der Waals surface area (Å²) in [5, 5.41) is 11.8. The summed E-state index contributed by atoms with van der Waals surface area (Å²) in [5.41, 5.74) is 0. The molecule has 1 amide bonds. The number of carbonyl (C=O) groups is 1. The molecule has 2 aliphatic rings. The van der Waals surface area contributed by atoms with Crippen molar-refractivity contribution < 1.29 is 14.3 Å². The van der Waals surface area contributed by atoms with Crippen LogP contribution >= 0.6 is 0 Å². The highest BCUT2D eigenvalue weighted by Crippen LogP contribution is 2.15. The van der Waals surface area contributed by atoms with Gasteiger partial charge in [0.15, 0.2) is 5.82 Å². The van der Waals surface area contributed by atoms with E-state index in [9.17, 15) is 4.79 Å². The lowest BCUT2D eigenvalue weighted by Crippen LogP contribution is -2.37. The minimum Gasteiger partial charge on any atom is -0.379 e. The van der Waals surface area contributed by atoms with Crippen LogP contribution in [0, 0.1) is 0 Å². The minimum absolute atomic E-state index is 0.0198. The van der Waals surface area contributed by atoms with Crippen LogP contribution in [0.15, 0.2) is 0 Å². The topological polar surface area (TPSA) is 85.6 Å². The molecule has 140 valence electrons. The van der Waals surface area contributed by atoms with Gasteiger partial charge in [-0.1, -0.05) is 0 Å².